The summed E-state index contributed by atoms with van der Waals surface area (Å²) in [5.74, 6) is -1.13. The lowest BCUT2D eigenvalue weighted by atomic mass is 10.1. The number of unbranched alkanes of at least 4 members (excludes halogenated alkanes) is 1. The van der Waals surface area contributed by atoms with Crippen molar-refractivity contribution in [3.63, 3.8) is 0 Å². The Morgan fingerprint density at radius 1 is 1.06 bits per heavy atom. The van der Waals surface area contributed by atoms with E-state index in [-0.39, 0.29) is 17.2 Å². The molecule has 3 amide bonds. The monoisotopic (exact) mass is 455 g/mol. The maximum Gasteiger partial charge on any atom is 0.243 e. The summed E-state index contributed by atoms with van der Waals surface area (Å²) in [5, 5.41) is 11.2. The first-order valence-corrected chi connectivity index (χ1v) is 10.7. The van der Waals surface area contributed by atoms with Gasteiger partial charge in [0.2, 0.25) is 34.9 Å². The van der Waals surface area contributed by atoms with Gasteiger partial charge in [0.1, 0.15) is 18.1 Å². The summed E-state index contributed by atoms with van der Waals surface area (Å²) < 4.78 is 0. The van der Waals surface area contributed by atoms with Crippen molar-refractivity contribution in [2.75, 3.05) is 23.7 Å². The highest BCUT2D eigenvalue weighted by Crippen LogP contribution is 2.12. The highest BCUT2D eigenvalue weighted by molar-refractivity contribution is 6.28. The van der Waals surface area contributed by atoms with E-state index in [1.807, 2.05) is 0 Å². The van der Waals surface area contributed by atoms with Crippen LogP contribution in [0.2, 0.25) is 5.28 Å². The maximum absolute atomic E-state index is 12.8. The summed E-state index contributed by atoms with van der Waals surface area (Å²) in [6.07, 6.45) is 3.37. The van der Waals surface area contributed by atoms with Gasteiger partial charge in [-0.2, -0.15) is 15.0 Å². The number of nitrogens with one attached hydrogen (secondary N) is 4. The number of nitrogens with zero attached hydrogens (tertiary/aromatic N) is 3. The zero-order valence-corrected chi connectivity index (χ0v) is 18.2. The maximum atomic E-state index is 12.8. The molecule has 2 bridgehead atoms. The van der Waals surface area contributed by atoms with Crippen LogP contribution >= 0.6 is 11.6 Å². The van der Waals surface area contributed by atoms with Crippen molar-refractivity contribution < 1.29 is 14.4 Å². The lowest BCUT2D eigenvalue weighted by Crippen LogP contribution is -2.54. The minimum absolute atomic E-state index is 0.0263. The van der Waals surface area contributed by atoms with E-state index in [4.69, 9.17) is 23.1 Å². The summed E-state index contributed by atoms with van der Waals surface area (Å²) in [6.45, 7) is 2.59. The normalized spacial score (nSPS) is 23.1. The van der Waals surface area contributed by atoms with Gasteiger partial charge in [0, 0.05) is 6.54 Å². The van der Waals surface area contributed by atoms with Crippen LogP contribution in [-0.4, -0.2) is 63.9 Å². The lowest BCUT2D eigenvalue weighted by Gasteiger charge is -2.24. The van der Waals surface area contributed by atoms with Gasteiger partial charge in [0.25, 0.3) is 0 Å². The molecule has 0 saturated carbocycles. The first-order chi connectivity index (χ1) is 14.8. The van der Waals surface area contributed by atoms with Gasteiger partial charge in [0.05, 0.1) is 0 Å². The number of hydrogen-bond donors (Lipinski definition) is 6. The molecule has 1 aromatic rings. The van der Waals surface area contributed by atoms with E-state index in [2.05, 4.69) is 36.2 Å². The Balaban J connectivity index is 2.24. The third-order valence-electron chi connectivity index (χ3n) is 4.79. The summed E-state index contributed by atoms with van der Waals surface area (Å²) in [5.41, 5.74) is 11.0. The van der Waals surface area contributed by atoms with Gasteiger partial charge in [-0.3, -0.25) is 14.4 Å². The summed E-state index contributed by atoms with van der Waals surface area (Å²) in [4.78, 5) is 49.5. The molecule has 1 aliphatic heterocycles. The molecule has 0 radical (unpaired) electrons. The van der Waals surface area contributed by atoms with Crippen molar-refractivity contribution >= 4 is 41.2 Å². The van der Waals surface area contributed by atoms with Crippen molar-refractivity contribution in [2.24, 2.45) is 11.5 Å². The molecule has 0 aromatic carbocycles. The number of halogens is 1. The standard InChI is InChI=1S/C18H30ClN9O3/c1-10-14(30)25-12(7-2-4-8-20)15(31)24-11(13(21)29)6-3-5-9-22-17-26-16(19)27-18(23-10)28-17/h10-12H,2-9,20H2,1H3,(H2,21,29)(H,24,31)(H,25,30)(H2,22,23,26,27,28)/t10-,11+,12-/m0/s1. The van der Waals surface area contributed by atoms with Gasteiger partial charge >= 0.3 is 0 Å². The van der Waals surface area contributed by atoms with Crippen molar-refractivity contribution in [3.05, 3.63) is 5.28 Å². The fraction of sp³-hybridized carbons (Fsp3) is 0.667. The number of carbonyl (C=O) groups excluding carboxylic acids is 3. The third kappa shape index (κ3) is 8.13. The van der Waals surface area contributed by atoms with Gasteiger partial charge in [-0.15, -0.1) is 0 Å². The molecule has 31 heavy (non-hydrogen) atoms. The zero-order valence-electron chi connectivity index (χ0n) is 17.5. The molecule has 2 rings (SSSR count). The first kappa shape index (κ1) is 24.5. The van der Waals surface area contributed by atoms with Crippen LogP contribution in [0.3, 0.4) is 0 Å². The van der Waals surface area contributed by atoms with Gasteiger partial charge in [-0.05, 0) is 63.6 Å². The predicted molar refractivity (Wildman–Crippen MR) is 116 cm³/mol. The second-order valence-corrected chi connectivity index (χ2v) is 7.69. The Labute approximate surface area is 185 Å². The van der Waals surface area contributed by atoms with E-state index in [0.29, 0.717) is 51.6 Å². The number of aromatic nitrogens is 3. The van der Waals surface area contributed by atoms with Gasteiger partial charge < -0.3 is 32.7 Å². The van der Waals surface area contributed by atoms with E-state index >= 15 is 0 Å². The average molecular weight is 456 g/mol. The molecule has 0 fully saturated rings. The van der Waals surface area contributed by atoms with Crippen molar-refractivity contribution in [3.8, 4) is 0 Å². The molecule has 0 aliphatic carbocycles. The molecular weight excluding hydrogens is 426 g/mol. The van der Waals surface area contributed by atoms with Crippen molar-refractivity contribution in [1.82, 2.24) is 25.6 Å². The number of rotatable bonds is 5. The first-order valence-electron chi connectivity index (χ1n) is 10.3. The van der Waals surface area contributed by atoms with Crippen LogP contribution in [0.25, 0.3) is 0 Å². The van der Waals surface area contributed by atoms with Gasteiger partial charge in [0.15, 0.2) is 0 Å². The van der Waals surface area contributed by atoms with Crippen molar-refractivity contribution in [2.45, 2.75) is 63.6 Å². The molecule has 1 aromatic heterocycles. The Morgan fingerprint density at radius 3 is 2.52 bits per heavy atom. The molecule has 1 aliphatic rings. The number of anilines is 2. The smallest absolute Gasteiger partial charge is 0.243 e. The molecule has 3 atom stereocenters. The molecule has 13 heteroatoms. The zero-order chi connectivity index (χ0) is 22.8. The Morgan fingerprint density at radius 2 is 1.81 bits per heavy atom. The van der Waals surface area contributed by atoms with Crippen LogP contribution in [0.4, 0.5) is 11.9 Å². The largest absolute Gasteiger partial charge is 0.368 e. The molecule has 8 N–H and O–H groups in total. The molecule has 172 valence electrons. The molecule has 2 heterocycles. The highest BCUT2D eigenvalue weighted by atomic mass is 35.5. The van der Waals surface area contributed by atoms with E-state index < -0.39 is 35.8 Å². The topological polar surface area (TPSA) is 190 Å². The fourth-order valence-corrected chi connectivity index (χ4v) is 3.20. The molecule has 0 unspecified atom stereocenters. The number of fused-ring (bicyclic) bond motifs is 2. The minimum atomic E-state index is -0.836. The van der Waals surface area contributed by atoms with Gasteiger partial charge in [-0.1, -0.05) is 0 Å². The average Bonchev–Trinajstić information content (AvgIpc) is 2.70. The van der Waals surface area contributed by atoms with E-state index in [1.54, 1.807) is 6.92 Å². The summed E-state index contributed by atoms with van der Waals surface area (Å²) >= 11 is 5.96. The fourth-order valence-electron chi connectivity index (χ4n) is 3.04. The second kappa shape index (κ2) is 12.2. The van der Waals surface area contributed by atoms with Gasteiger partial charge in [-0.25, -0.2) is 0 Å². The van der Waals surface area contributed by atoms with Crippen LogP contribution in [0.5, 0.6) is 0 Å². The number of nitrogens with two attached hydrogens (primary N) is 2. The van der Waals surface area contributed by atoms with E-state index in [1.165, 1.54) is 0 Å². The number of hydrogen-bond acceptors (Lipinski definition) is 9. The molecule has 0 spiro atoms. The highest BCUT2D eigenvalue weighted by Gasteiger charge is 2.27. The molecule has 0 saturated heterocycles. The van der Waals surface area contributed by atoms with Crippen LogP contribution in [0.15, 0.2) is 0 Å². The van der Waals surface area contributed by atoms with Crippen LogP contribution in [-0.2, 0) is 14.4 Å². The molecule has 12 nitrogen and oxygen atoms in total. The quantitative estimate of drug-likeness (QED) is 0.318. The van der Waals surface area contributed by atoms with Crippen LogP contribution in [0.1, 0.15) is 45.4 Å². The number of carbonyl (C=O) groups is 3. The Hall–Kier alpha value is -2.73. The SMILES string of the molecule is C[C@@H]1Nc2nc(Cl)nc(n2)NCCCC[C@H](C(N)=O)NC(=O)[C@H](CCCCN)NC1=O. The Bertz CT molecular complexity index is 780. The lowest BCUT2D eigenvalue weighted by molar-refractivity contribution is -0.131. The van der Waals surface area contributed by atoms with Crippen LogP contribution < -0.4 is 32.7 Å². The second-order valence-electron chi connectivity index (χ2n) is 7.35. The Kier molecular flexibility index (Phi) is 9.66. The van der Waals surface area contributed by atoms with E-state index in [9.17, 15) is 14.4 Å². The third-order valence-corrected chi connectivity index (χ3v) is 4.96. The van der Waals surface area contributed by atoms with Crippen LogP contribution in [0, 0.1) is 0 Å². The minimum Gasteiger partial charge on any atom is -0.368 e. The summed E-state index contributed by atoms with van der Waals surface area (Å²) in [6, 6.07) is -2.43. The van der Waals surface area contributed by atoms with Crippen molar-refractivity contribution in [1.29, 1.82) is 0 Å². The summed E-state index contributed by atoms with van der Waals surface area (Å²) in [7, 11) is 0. The van der Waals surface area contributed by atoms with E-state index in [0.717, 1.165) is 0 Å². The predicted octanol–water partition coefficient (Wildman–Crippen LogP) is -0.495. The molecular formula is C18H30ClN9O3. The number of primary amides is 1. The number of amides is 3.